The summed E-state index contributed by atoms with van der Waals surface area (Å²) in [5.74, 6) is 0.401. The molecular formula is C10H14N2O3. The molecule has 1 unspecified atom stereocenters. The molecule has 1 atom stereocenters. The fourth-order valence-corrected chi connectivity index (χ4v) is 1.21. The van der Waals surface area contributed by atoms with E-state index in [-0.39, 0.29) is 17.2 Å². The van der Waals surface area contributed by atoms with Crippen LogP contribution in [0.1, 0.15) is 17.3 Å². The summed E-state index contributed by atoms with van der Waals surface area (Å²) in [5, 5.41) is 0. The van der Waals surface area contributed by atoms with Crippen molar-refractivity contribution in [1.29, 1.82) is 0 Å². The van der Waals surface area contributed by atoms with E-state index in [1.54, 1.807) is 13.0 Å². The third-order valence-corrected chi connectivity index (χ3v) is 1.95. The van der Waals surface area contributed by atoms with E-state index < -0.39 is 6.04 Å². The van der Waals surface area contributed by atoms with Gasteiger partial charge in [0.05, 0.1) is 20.3 Å². The highest BCUT2D eigenvalue weighted by atomic mass is 16.5. The second kappa shape index (κ2) is 4.75. The number of methoxy groups -OCH3 is 2. The van der Waals surface area contributed by atoms with E-state index in [2.05, 4.69) is 4.98 Å². The fourth-order valence-electron chi connectivity index (χ4n) is 1.21. The number of carbonyl (C=O) groups excluding carboxylic acids is 1. The molecule has 5 heteroatoms. The number of ketones is 1. The molecule has 1 rings (SSSR count). The average molecular weight is 210 g/mol. The van der Waals surface area contributed by atoms with Crippen molar-refractivity contribution >= 4 is 5.78 Å². The lowest BCUT2D eigenvalue weighted by Crippen LogP contribution is -2.27. The zero-order valence-electron chi connectivity index (χ0n) is 8.98. The van der Waals surface area contributed by atoms with Crippen LogP contribution in [0, 0.1) is 0 Å². The topological polar surface area (TPSA) is 74.4 Å². The number of pyridine rings is 1. The predicted molar refractivity (Wildman–Crippen MR) is 55.3 cm³/mol. The standard InChI is InChI=1S/C10H14N2O3/c1-6(11)9(13)8-7(14-2)4-5-12-10(8)15-3/h4-6H,11H2,1-3H3. The first-order chi connectivity index (χ1) is 7.11. The Morgan fingerprint density at radius 3 is 2.60 bits per heavy atom. The maximum atomic E-state index is 11.8. The molecular weight excluding hydrogens is 196 g/mol. The van der Waals surface area contributed by atoms with Gasteiger partial charge in [-0.3, -0.25) is 4.79 Å². The smallest absolute Gasteiger partial charge is 0.227 e. The summed E-state index contributed by atoms with van der Waals surface area (Å²) in [5.41, 5.74) is 5.82. The van der Waals surface area contributed by atoms with Crippen molar-refractivity contribution in [2.45, 2.75) is 13.0 Å². The Morgan fingerprint density at radius 2 is 2.13 bits per heavy atom. The van der Waals surface area contributed by atoms with Crippen LogP contribution in [0.3, 0.4) is 0 Å². The Kier molecular flexibility index (Phi) is 3.62. The molecule has 0 aromatic carbocycles. The monoisotopic (exact) mass is 210 g/mol. The van der Waals surface area contributed by atoms with Crippen molar-refractivity contribution in [2.75, 3.05) is 14.2 Å². The molecule has 0 aliphatic carbocycles. The molecule has 0 radical (unpaired) electrons. The van der Waals surface area contributed by atoms with Crippen LogP contribution in [0.2, 0.25) is 0 Å². The SMILES string of the molecule is COc1ccnc(OC)c1C(=O)C(C)N. The number of Topliss-reactive ketones (excluding diaryl/α,β-unsaturated/α-hetero) is 1. The first-order valence-electron chi connectivity index (χ1n) is 4.48. The molecule has 0 spiro atoms. The van der Waals surface area contributed by atoms with Crippen LogP contribution in [-0.2, 0) is 0 Å². The summed E-state index contributed by atoms with van der Waals surface area (Å²) in [6.45, 7) is 1.61. The quantitative estimate of drug-likeness (QED) is 0.738. The van der Waals surface area contributed by atoms with Crippen molar-refractivity contribution < 1.29 is 14.3 Å². The summed E-state index contributed by atoms with van der Waals surface area (Å²) in [6.07, 6.45) is 1.51. The molecule has 1 aromatic heterocycles. The maximum absolute atomic E-state index is 11.8. The van der Waals surface area contributed by atoms with Crippen LogP contribution in [0.5, 0.6) is 11.6 Å². The van der Waals surface area contributed by atoms with E-state index in [1.807, 2.05) is 0 Å². The second-order valence-electron chi connectivity index (χ2n) is 3.05. The Labute approximate surface area is 88.2 Å². The van der Waals surface area contributed by atoms with Crippen LogP contribution in [0.25, 0.3) is 0 Å². The van der Waals surface area contributed by atoms with Gasteiger partial charge in [0, 0.05) is 6.20 Å². The van der Waals surface area contributed by atoms with Gasteiger partial charge in [0.2, 0.25) is 5.88 Å². The number of nitrogens with zero attached hydrogens (tertiary/aromatic N) is 1. The third-order valence-electron chi connectivity index (χ3n) is 1.95. The number of hydrogen-bond acceptors (Lipinski definition) is 5. The Bertz CT molecular complexity index is 341. The Balaban J connectivity index is 3.28. The van der Waals surface area contributed by atoms with Gasteiger partial charge in [-0.1, -0.05) is 0 Å². The summed E-state index contributed by atoms with van der Waals surface area (Å²) in [4.78, 5) is 15.7. The summed E-state index contributed by atoms with van der Waals surface area (Å²) in [7, 11) is 2.92. The number of rotatable bonds is 4. The van der Waals surface area contributed by atoms with Crippen LogP contribution in [0.15, 0.2) is 12.3 Å². The minimum absolute atomic E-state index is 0.233. The van der Waals surface area contributed by atoms with Crippen LogP contribution in [0.4, 0.5) is 0 Å². The van der Waals surface area contributed by atoms with Crippen LogP contribution >= 0.6 is 0 Å². The number of ether oxygens (including phenoxy) is 2. The molecule has 0 saturated heterocycles. The molecule has 5 nitrogen and oxygen atoms in total. The molecule has 82 valence electrons. The van der Waals surface area contributed by atoms with E-state index in [0.29, 0.717) is 5.75 Å². The van der Waals surface area contributed by atoms with E-state index in [4.69, 9.17) is 15.2 Å². The zero-order valence-corrected chi connectivity index (χ0v) is 8.98. The van der Waals surface area contributed by atoms with Gasteiger partial charge < -0.3 is 15.2 Å². The number of hydrogen-bond donors (Lipinski definition) is 1. The lowest BCUT2D eigenvalue weighted by molar-refractivity contribution is 0.0961. The van der Waals surface area contributed by atoms with Gasteiger partial charge in [-0.05, 0) is 13.0 Å². The van der Waals surface area contributed by atoms with Crippen LogP contribution < -0.4 is 15.2 Å². The van der Waals surface area contributed by atoms with Crippen molar-refractivity contribution in [3.8, 4) is 11.6 Å². The van der Waals surface area contributed by atoms with E-state index in [0.717, 1.165) is 0 Å². The lowest BCUT2D eigenvalue weighted by Gasteiger charge is -2.12. The minimum Gasteiger partial charge on any atom is -0.496 e. The predicted octanol–water partition coefficient (Wildman–Crippen LogP) is 0.629. The summed E-state index contributed by atoms with van der Waals surface area (Å²) in [6, 6.07) is 0.981. The molecule has 0 aliphatic heterocycles. The first-order valence-corrected chi connectivity index (χ1v) is 4.48. The minimum atomic E-state index is -0.614. The number of aromatic nitrogens is 1. The Hall–Kier alpha value is -1.62. The van der Waals surface area contributed by atoms with Crippen molar-refractivity contribution in [3.05, 3.63) is 17.8 Å². The van der Waals surface area contributed by atoms with Crippen molar-refractivity contribution in [1.82, 2.24) is 4.98 Å². The van der Waals surface area contributed by atoms with Crippen molar-refractivity contribution in [2.24, 2.45) is 5.73 Å². The fraction of sp³-hybridized carbons (Fsp3) is 0.400. The largest absolute Gasteiger partial charge is 0.496 e. The van der Waals surface area contributed by atoms with E-state index in [9.17, 15) is 4.79 Å². The molecule has 0 amide bonds. The summed E-state index contributed by atoms with van der Waals surface area (Å²) >= 11 is 0. The highest BCUT2D eigenvalue weighted by Crippen LogP contribution is 2.26. The molecule has 2 N–H and O–H groups in total. The van der Waals surface area contributed by atoms with Gasteiger partial charge >= 0.3 is 0 Å². The Morgan fingerprint density at radius 1 is 1.47 bits per heavy atom. The van der Waals surface area contributed by atoms with Gasteiger partial charge in [0.25, 0.3) is 0 Å². The molecule has 0 saturated carbocycles. The molecule has 0 aliphatic rings. The summed E-state index contributed by atoms with van der Waals surface area (Å²) < 4.78 is 10.1. The van der Waals surface area contributed by atoms with Gasteiger partial charge in [0.1, 0.15) is 11.3 Å². The number of carbonyl (C=O) groups is 1. The zero-order chi connectivity index (χ0) is 11.4. The molecule has 1 heterocycles. The number of nitrogens with two attached hydrogens (primary N) is 1. The molecule has 1 aromatic rings. The first kappa shape index (κ1) is 11.5. The molecule has 0 fully saturated rings. The van der Waals surface area contributed by atoms with Gasteiger partial charge in [-0.2, -0.15) is 0 Å². The lowest BCUT2D eigenvalue weighted by atomic mass is 10.1. The third kappa shape index (κ3) is 2.24. The maximum Gasteiger partial charge on any atom is 0.227 e. The second-order valence-corrected chi connectivity index (χ2v) is 3.05. The van der Waals surface area contributed by atoms with Crippen molar-refractivity contribution in [3.63, 3.8) is 0 Å². The van der Waals surface area contributed by atoms with Gasteiger partial charge in [0.15, 0.2) is 5.78 Å². The molecule has 15 heavy (non-hydrogen) atoms. The van der Waals surface area contributed by atoms with E-state index in [1.165, 1.54) is 20.4 Å². The average Bonchev–Trinajstić information content (AvgIpc) is 2.26. The van der Waals surface area contributed by atoms with Crippen LogP contribution in [-0.4, -0.2) is 31.0 Å². The van der Waals surface area contributed by atoms with Gasteiger partial charge in [-0.15, -0.1) is 0 Å². The van der Waals surface area contributed by atoms with E-state index >= 15 is 0 Å². The molecule has 0 bridgehead atoms. The normalized spacial score (nSPS) is 12.0. The highest BCUT2D eigenvalue weighted by molar-refractivity contribution is 6.03. The van der Waals surface area contributed by atoms with Gasteiger partial charge in [-0.25, -0.2) is 4.98 Å². The highest BCUT2D eigenvalue weighted by Gasteiger charge is 2.21.